The number of hydrogen-bond acceptors (Lipinski definition) is 7. The number of aromatic nitrogens is 2. The zero-order valence-corrected chi connectivity index (χ0v) is 16.3. The topological polar surface area (TPSA) is 101 Å². The van der Waals surface area contributed by atoms with Crippen molar-refractivity contribution in [2.24, 2.45) is 28.4 Å². The van der Waals surface area contributed by atoms with Crippen molar-refractivity contribution in [1.82, 2.24) is 15.3 Å². The van der Waals surface area contributed by atoms with Gasteiger partial charge in [0.15, 0.2) is 5.78 Å². The Morgan fingerprint density at radius 2 is 2.11 bits per heavy atom. The van der Waals surface area contributed by atoms with E-state index < -0.39 is 5.41 Å². The number of amides is 1. The van der Waals surface area contributed by atoms with Gasteiger partial charge in [-0.2, -0.15) is 0 Å². The minimum absolute atomic E-state index is 0.0752. The summed E-state index contributed by atoms with van der Waals surface area (Å²) in [6.07, 6.45) is 2.67. The molecule has 3 fully saturated rings. The molecular formula is C19H23N5O2S. The van der Waals surface area contributed by atoms with Crippen LogP contribution in [0.2, 0.25) is 0 Å². The van der Waals surface area contributed by atoms with E-state index in [1.807, 2.05) is 6.07 Å². The molecule has 1 spiro atoms. The average Bonchev–Trinajstić information content (AvgIpc) is 3.00. The normalized spacial score (nSPS) is 34.0. The van der Waals surface area contributed by atoms with E-state index in [4.69, 9.17) is 5.73 Å². The Morgan fingerprint density at radius 1 is 1.33 bits per heavy atom. The molecule has 0 radical (unpaired) electrons. The number of thiazole rings is 1. The van der Waals surface area contributed by atoms with Crippen LogP contribution in [0.4, 0.5) is 5.82 Å². The molecule has 4 unspecified atom stereocenters. The van der Waals surface area contributed by atoms with Gasteiger partial charge in [0.05, 0.1) is 27.7 Å². The molecule has 1 saturated carbocycles. The second kappa shape index (κ2) is 5.48. The SMILES string of the molecule is CC1(C)CC1C(=O)C1NCC12CN(c1nccc3ncsc13)CC2C(N)=O. The molecule has 1 amide bonds. The number of carbonyl (C=O) groups is 2. The predicted molar refractivity (Wildman–Crippen MR) is 103 cm³/mol. The highest BCUT2D eigenvalue weighted by atomic mass is 32.1. The van der Waals surface area contributed by atoms with Crippen molar-refractivity contribution in [2.45, 2.75) is 26.3 Å². The van der Waals surface area contributed by atoms with Crippen LogP contribution in [0.1, 0.15) is 20.3 Å². The number of nitrogens with two attached hydrogens (primary N) is 1. The van der Waals surface area contributed by atoms with Crippen LogP contribution in [-0.4, -0.2) is 47.3 Å². The van der Waals surface area contributed by atoms with E-state index in [1.54, 1.807) is 23.0 Å². The van der Waals surface area contributed by atoms with Gasteiger partial charge in [-0.05, 0) is 17.9 Å². The van der Waals surface area contributed by atoms with Gasteiger partial charge in [0.1, 0.15) is 5.82 Å². The zero-order chi connectivity index (χ0) is 19.0. The largest absolute Gasteiger partial charge is 0.369 e. The number of carbonyl (C=O) groups excluding carboxylic acids is 2. The summed E-state index contributed by atoms with van der Waals surface area (Å²) in [5.74, 6) is 0.465. The maximum atomic E-state index is 13.1. The van der Waals surface area contributed by atoms with Crippen molar-refractivity contribution in [1.29, 1.82) is 0 Å². The van der Waals surface area contributed by atoms with Crippen LogP contribution in [0.25, 0.3) is 10.2 Å². The summed E-state index contributed by atoms with van der Waals surface area (Å²) in [5, 5.41) is 3.31. The van der Waals surface area contributed by atoms with Gasteiger partial charge in [-0.3, -0.25) is 9.59 Å². The molecular weight excluding hydrogens is 362 g/mol. The molecule has 4 atom stereocenters. The molecule has 1 aliphatic carbocycles. The lowest BCUT2D eigenvalue weighted by Gasteiger charge is -2.49. The number of Topliss-reactive ketones (excluding diaryl/α,β-unsaturated/α-hetero) is 1. The van der Waals surface area contributed by atoms with Crippen molar-refractivity contribution in [3.63, 3.8) is 0 Å². The van der Waals surface area contributed by atoms with Crippen molar-refractivity contribution in [3.05, 3.63) is 17.8 Å². The van der Waals surface area contributed by atoms with Gasteiger partial charge in [-0.25, -0.2) is 9.97 Å². The number of pyridine rings is 1. The first kappa shape index (κ1) is 17.1. The number of ketones is 1. The number of fused-ring (bicyclic) bond motifs is 1. The first-order chi connectivity index (χ1) is 12.8. The van der Waals surface area contributed by atoms with E-state index in [2.05, 4.69) is 34.0 Å². The lowest BCUT2D eigenvalue weighted by atomic mass is 9.64. The summed E-state index contributed by atoms with van der Waals surface area (Å²) in [7, 11) is 0. The molecule has 3 N–H and O–H groups in total. The molecule has 2 aromatic rings. The van der Waals surface area contributed by atoms with Crippen LogP contribution in [-0.2, 0) is 9.59 Å². The molecule has 0 aromatic carbocycles. The van der Waals surface area contributed by atoms with E-state index in [9.17, 15) is 9.59 Å². The van der Waals surface area contributed by atoms with Gasteiger partial charge in [0, 0.05) is 37.2 Å². The van der Waals surface area contributed by atoms with E-state index in [0.717, 1.165) is 22.5 Å². The van der Waals surface area contributed by atoms with Gasteiger partial charge in [0.25, 0.3) is 0 Å². The van der Waals surface area contributed by atoms with Gasteiger partial charge in [-0.1, -0.05) is 13.8 Å². The minimum Gasteiger partial charge on any atom is -0.369 e. The van der Waals surface area contributed by atoms with Crippen LogP contribution in [0.5, 0.6) is 0 Å². The maximum absolute atomic E-state index is 13.1. The smallest absolute Gasteiger partial charge is 0.223 e. The number of primary amides is 1. The molecule has 2 aliphatic heterocycles. The van der Waals surface area contributed by atoms with E-state index in [-0.39, 0.29) is 35.0 Å². The molecule has 142 valence electrons. The summed E-state index contributed by atoms with van der Waals surface area (Å²) in [6, 6.07) is 1.59. The van der Waals surface area contributed by atoms with Crippen LogP contribution < -0.4 is 16.0 Å². The average molecular weight is 385 g/mol. The summed E-state index contributed by atoms with van der Waals surface area (Å²) < 4.78 is 1.01. The summed E-state index contributed by atoms with van der Waals surface area (Å²) in [5.41, 5.74) is 8.14. The van der Waals surface area contributed by atoms with Crippen LogP contribution in [0.3, 0.4) is 0 Å². The zero-order valence-electron chi connectivity index (χ0n) is 15.4. The van der Waals surface area contributed by atoms with Crippen molar-refractivity contribution in [2.75, 3.05) is 24.5 Å². The first-order valence-electron chi connectivity index (χ1n) is 9.33. The molecule has 2 saturated heterocycles. The van der Waals surface area contributed by atoms with Gasteiger partial charge in [-0.15, -0.1) is 11.3 Å². The molecule has 0 bridgehead atoms. The van der Waals surface area contributed by atoms with Gasteiger partial charge < -0.3 is 16.0 Å². The Balaban J connectivity index is 1.48. The standard InChI is InChI=1S/C19H23N5O2S/c1-18(2)5-10(18)13(25)15-19(7-22-15)8-24(6-11(19)16(20)26)17-14-12(3-4-21-17)23-9-27-14/h3-4,9-11,15,22H,5-8H2,1-2H3,(H2,20,26). The van der Waals surface area contributed by atoms with Gasteiger partial charge in [0.2, 0.25) is 5.91 Å². The maximum Gasteiger partial charge on any atom is 0.223 e. The molecule has 2 aromatic heterocycles. The van der Waals surface area contributed by atoms with Gasteiger partial charge >= 0.3 is 0 Å². The van der Waals surface area contributed by atoms with Crippen molar-refractivity contribution < 1.29 is 9.59 Å². The van der Waals surface area contributed by atoms with Crippen molar-refractivity contribution in [3.8, 4) is 0 Å². The Morgan fingerprint density at radius 3 is 2.74 bits per heavy atom. The van der Waals surface area contributed by atoms with Crippen LogP contribution in [0, 0.1) is 22.7 Å². The number of rotatable bonds is 4. The third-order valence-corrected chi connectivity index (χ3v) is 7.64. The lowest BCUT2D eigenvalue weighted by molar-refractivity contribution is -0.136. The summed E-state index contributed by atoms with van der Waals surface area (Å²) in [4.78, 5) is 36.4. The van der Waals surface area contributed by atoms with Crippen molar-refractivity contribution >= 4 is 39.1 Å². The molecule has 7 nitrogen and oxygen atoms in total. The summed E-state index contributed by atoms with van der Waals surface area (Å²) >= 11 is 1.54. The highest BCUT2D eigenvalue weighted by molar-refractivity contribution is 7.17. The first-order valence-corrected chi connectivity index (χ1v) is 10.2. The predicted octanol–water partition coefficient (Wildman–Crippen LogP) is 1.19. The number of nitrogens with one attached hydrogen (secondary N) is 1. The second-order valence-corrected chi connectivity index (χ2v) is 9.72. The van der Waals surface area contributed by atoms with E-state index >= 15 is 0 Å². The second-order valence-electron chi connectivity index (χ2n) is 8.87. The lowest BCUT2D eigenvalue weighted by Crippen LogP contribution is -2.71. The number of anilines is 1. The minimum atomic E-state index is -0.434. The molecule has 5 rings (SSSR count). The Kier molecular flexibility index (Phi) is 3.46. The third kappa shape index (κ3) is 2.36. The fourth-order valence-corrected chi connectivity index (χ4v) is 5.75. The Bertz CT molecular complexity index is 956. The quantitative estimate of drug-likeness (QED) is 0.820. The molecule has 27 heavy (non-hydrogen) atoms. The fourth-order valence-electron chi connectivity index (χ4n) is 4.95. The number of hydrogen-bond donors (Lipinski definition) is 2. The Labute approximate surface area is 161 Å². The molecule has 8 heteroatoms. The Hall–Kier alpha value is -2.06. The highest BCUT2D eigenvalue weighted by Gasteiger charge is 2.65. The third-order valence-electron chi connectivity index (χ3n) is 6.80. The number of nitrogens with zero attached hydrogens (tertiary/aromatic N) is 3. The highest BCUT2D eigenvalue weighted by Crippen LogP contribution is 2.56. The molecule has 3 aliphatic rings. The fraction of sp³-hybridized carbons (Fsp3) is 0.579. The summed E-state index contributed by atoms with van der Waals surface area (Å²) in [6.45, 7) is 6.00. The van der Waals surface area contributed by atoms with Crippen LogP contribution >= 0.6 is 11.3 Å². The van der Waals surface area contributed by atoms with E-state index in [1.165, 1.54) is 0 Å². The van der Waals surface area contributed by atoms with Crippen LogP contribution in [0.15, 0.2) is 17.8 Å². The molecule has 4 heterocycles. The monoisotopic (exact) mass is 385 g/mol. The van der Waals surface area contributed by atoms with E-state index in [0.29, 0.717) is 19.6 Å².